The number of anilines is 3. The van der Waals surface area contributed by atoms with E-state index in [9.17, 15) is 0 Å². The zero-order valence-corrected chi connectivity index (χ0v) is 10.6. The first-order valence-corrected chi connectivity index (χ1v) is 5.77. The quantitative estimate of drug-likeness (QED) is 0.886. The van der Waals surface area contributed by atoms with Gasteiger partial charge in [-0.05, 0) is 46.3 Å². The van der Waals surface area contributed by atoms with Crippen LogP contribution in [0.25, 0.3) is 0 Å². The summed E-state index contributed by atoms with van der Waals surface area (Å²) >= 11 is 9.31. The van der Waals surface area contributed by atoms with Gasteiger partial charge in [-0.15, -0.1) is 0 Å². The van der Waals surface area contributed by atoms with Crippen molar-refractivity contribution in [1.82, 2.24) is 4.98 Å². The molecule has 82 valence electrons. The number of rotatable bonds is 2. The number of benzene rings is 1. The average molecular weight is 299 g/mol. The Labute approximate surface area is 107 Å². The van der Waals surface area contributed by atoms with E-state index in [0.29, 0.717) is 16.7 Å². The highest BCUT2D eigenvalue weighted by Gasteiger charge is 2.00. The number of nitrogens with one attached hydrogen (secondary N) is 1. The number of pyridine rings is 1. The fraction of sp³-hybridized carbons (Fsp3) is 0. The van der Waals surface area contributed by atoms with Crippen LogP contribution in [0.1, 0.15) is 0 Å². The molecule has 0 bridgehead atoms. The van der Waals surface area contributed by atoms with Crippen LogP contribution < -0.4 is 11.1 Å². The van der Waals surface area contributed by atoms with Crippen LogP contribution in [0, 0.1) is 0 Å². The molecule has 1 aromatic carbocycles. The molecule has 0 aliphatic heterocycles. The van der Waals surface area contributed by atoms with Gasteiger partial charge in [0.1, 0.15) is 11.6 Å². The molecule has 0 unspecified atom stereocenters. The molecule has 5 heteroatoms. The van der Waals surface area contributed by atoms with Gasteiger partial charge in [-0.2, -0.15) is 0 Å². The van der Waals surface area contributed by atoms with Crippen LogP contribution in [0.15, 0.2) is 40.9 Å². The molecular formula is C11H9BrClN3. The van der Waals surface area contributed by atoms with Crippen molar-refractivity contribution < 1.29 is 0 Å². The fourth-order valence-corrected chi connectivity index (χ4v) is 1.67. The number of aromatic nitrogens is 1. The molecule has 3 nitrogen and oxygen atoms in total. The summed E-state index contributed by atoms with van der Waals surface area (Å²) in [4.78, 5) is 4.13. The minimum absolute atomic E-state index is 0.480. The number of nitrogen functional groups attached to an aromatic ring is 1. The van der Waals surface area contributed by atoms with Gasteiger partial charge >= 0.3 is 0 Å². The minimum Gasteiger partial charge on any atom is -0.384 e. The highest BCUT2D eigenvalue weighted by molar-refractivity contribution is 9.10. The van der Waals surface area contributed by atoms with E-state index in [1.54, 1.807) is 6.07 Å². The summed E-state index contributed by atoms with van der Waals surface area (Å²) in [6.07, 6.45) is 0. The van der Waals surface area contributed by atoms with E-state index in [1.165, 1.54) is 0 Å². The molecule has 0 amide bonds. The Balaban J connectivity index is 2.24. The van der Waals surface area contributed by atoms with Crippen LogP contribution in [-0.2, 0) is 0 Å². The first-order valence-electron chi connectivity index (χ1n) is 4.60. The molecule has 3 N–H and O–H groups in total. The van der Waals surface area contributed by atoms with Crippen molar-refractivity contribution in [3.8, 4) is 0 Å². The van der Waals surface area contributed by atoms with Crippen LogP contribution >= 0.6 is 27.5 Å². The third-order valence-electron chi connectivity index (χ3n) is 1.96. The van der Waals surface area contributed by atoms with Gasteiger partial charge in [-0.1, -0.05) is 17.7 Å². The summed E-state index contributed by atoms with van der Waals surface area (Å²) in [6.45, 7) is 0. The van der Waals surface area contributed by atoms with Gasteiger partial charge in [0.05, 0.1) is 5.02 Å². The Morgan fingerprint density at radius 1 is 1.25 bits per heavy atom. The number of nitrogens with two attached hydrogens (primary N) is 1. The van der Waals surface area contributed by atoms with Gasteiger partial charge in [0.2, 0.25) is 0 Å². The molecule has 0 saturated carbocycles. The lowest BCUT2D eigenvalue weighted by Crippen LogP contribution is -1.96. The Bertz CT molecular complexity index is 516. The van der Waals surface area contributed by atoms with Crippen LogP contribution in [0.3, 0.4) is 0 Å². The van der Waals surface area contributed by atoms with E-state index in [4.69, 9.17) is 17.3 Å². The molecule has 2 rings (SSSR count). The largest absolute Gasteiger partial charge is 0.384 e. The molecule has 1 aromatic heterocycles. The van der Waals surface area contributed by atoms with Crippen LogP contribution in [0.5, 0.6) is 0 Å². The maximum atomic E-state index is 5.98. The molecule has 0 fully saturated rings. The monoisotopic (exact) mass is 297 g/mol. The van der Waals surface area contributed by atoms with E-state index in [2.05, 4.69) is 26.2 Å². The smallest absolute Gasteiger partial charge is 0.132 e. The summed E-state index contributed by atoms with van der Waals surface area (Å²) in [7, 11) is 0. The lowest BCUT2D eigenvalue weighted by molar-refractivity contribution is 1.31. The zero-order valence-electron chi connectivity index (χ0n) is 8.24. The third-order valence-corrected chi connectivity index (χ3v) is 3.20. The Kier molecular flexibility index (Phi) is 3.31. The molecule has 0 spiro atoms. The van der Waals surface area contributed by atoms with E-state index < -0.39 is 0 Å². The normalized spacial score (nSPS) is 10.1. The van der Waals surface area contributed by atoms with E-state index >= 15 is 0 Å². The second kappa shape index (κ2) is 4.72. The molecule has 1 heterocycles. The minimum atomic E-state index is 0.480. The molecule has 0 atom stereocenters. The number of nitrogens with zero attached hydrogens (tertiary/aromatic N) is 1. The Hall–Kier alpha value is -1.26. The second-order valence-corrected chi connectivity index (χ2v) is 4.46. The van der Waals surface area contributed by atoms with Gasteiger partial charge in [0.25, 0.3) is 0 Å². The van der Waals surface area contributed by atoms with Crippen molar-refractivity contribution in [2.75, 3.05) is 11.1 Å². The predicted molar refractivity (Wildman–Crippen MR) is 71.1 cm³/mol. The van der Waals surface area contributed by atoms with Gasteiger partial charge in [-0.25, -0.2) is 4.98 Å². The van der Waals surface area contributed by atoms with Gasteiger partial charge in [0.15, 0.2) is 0 Å². The van der Waals surface area contributed by atoms with E-state index in [1.807, 2.05) is 30.3 Å². The summed E-state index contributed by atoms with van der Waals surface area (Å²) in [5.74, 6) is 1.17. The highest BCUT2D eigenvalue weighted by atomic mass is 79.9. The fourth-order valence-electron chi connectivity index (χ4n) is 1.24. The van der Waals surface area contributed by atoms with Crippen molar-refractivity contribution >= 4 is 44.9 Å². The summed E-state index contributed by atoms with van der Waals surface area (Å²) in [6, 6.07) is 11.0. The highest BCUT2D eigenvalue weighted by Crippen LogP contribution is 2.26. The first-order chi connectivity index (χ1) is 7.65. The third kappa shape index (κ3) is 2.65. The average Bonchev–Trinajstić information content (AvgIpc) is 2.24. The number of halogens is 2. The van der Waals surface area contributed by atoms with Crippen molar-refractivity contribution in [1.29, 1.82) is 0 Å². The molecule has 0 saturated heterocycles. The standard InChI is InChI=1S/C11H9BrClN3/c12-8-5-4-7(6-9(8)13)15-11-3-1-2-10(14)16-11/h1-6H,(H3,14,15,16). The maximum absolute atomic E-state index is 5.98. The van der Waals surface area contributed by atoms with Crippen LogP contribution in [0.4, 0.5) is 17.3 Å². The van der Waals surface area contributed by atoms with Crippen molar-refractivity contribution in [3.63, 3.8) is 0 Å². The van der Waals surface area contributed by atoms with Crippen LogP contribution in [0.2, 0.25) is 5.02 Å². The summed E-state index contributed by atoms with van der Waals surface area (Å²) in [5.41, 5.74) is 6.45. The van der Waals surface area contributed by atoms with Gasteiger partial charge < -0.3 is 11.1 Å². The lowest BCUT2D eigenvalue weighted by atomic mass is 10.3. The zero-order chi connectivity index (χ0) is 11.5. The van der Waals surface area contributed by atoms with Crippen molar-refractivity contribution in [2.45, 2.75) is 0 Å². The second-order valence-electron chi connectivity index (χ2n) is 3.20. The molecule has 0 aliphatic carbocycles. The molecular weight excluding hydrogens is 289 g/mol. The molecule has 0 aliphatic rings. The summed E-state index contributed by atoms with van der Waals surface area (Å²) in [5, 5.41) is 3.76. The SMILES string of the molecule is Nc1cccc(Nc2ccc(Br)c(Cl)c2)n1. The van der Waals surface area contributed by atoms with E-state index in [0.717, 1.165) is 10.2 Å². The molecule has 0 radical (unpaired) electrons. The predicted octanol–water partition coefficient (Wildman–Crippen LogP) is 3.82. The van der Waals surface area contributed by atoms with Gasteiger partial charge in [0, 0.05) is 10.2 Å². The molecule has 16 heavy (non-hydrogen) atoms. The Morgan fingerprint density at radius 2 is 2.06 bits per heavy atom. The number of hydrogen-bond donors (Lipinski definition) is 2. The first kappa shape index (κ1) is 11.2. The summed E-state index contributed by atoms with van der Waals surface area (Å²) < 4.78 is 0.861. The van der Waals surface area contributed by atoms with Crippen molar-refractivity contribution in [2.24, 2.45) is 0 Å². The van der Waals surface area contributed by atoms with Crippen molar-refractivity contribution in [3.05, 3.63) is 45.9 Å². The van der Waals surface area contributed by atoms with E-state index in [-0.39, 0.29) is 0 Å². The maximum Gasteiger partial charge on any atom is 0.132 e. The lowest BCUT2D eigenvalue weighted by Gasteiger charge is -2.06. The van der Waals surface area contributed by atoms with Crippen LogP contribution in [-0.4, -0.2) is 4.98 Å². The Morgan fingerprint density at radius 3 is 2.75 bits per heavy atom. The van der Waals surface area contributed by atoms with Gasteiger partial charge in [-0.3, -0.25) is 0 Å². The topological polar surface area (TPSA) is 50.9 Å². The number of hydrogen-bond acceptors (Lipinski definition) is 3. The molecule has 2 aromatic rings.